The van der Waals surface area contributed by atoms with Gasteiger partial charge in [0.15, 0.2) is 0 Å². The first-order chi connectivity index (χ1) is 12.1. The topological polar surface area (TPSA) is 57.5 Å². The van der Waals surface area contributed by atoms with Gasteiger partial charge in [-0.2, -0.15) is 0 Å². The summed E-state index contributed by atoms with van der Waals surface area (Å²) in [6.45, 7) is 2.25. The van der Waals surface area contributed by atoms with E-state index in [1.807, 2.05) is 6.08 Å². The zero-order valence-electron chi connectivity index (χ0n) is 15.6. The molecule has 3 atom stereocenters. The van der Waals surface area contributed by atoms with Crippen LogP contribution in [-0.2, 0) is 4.79 Å². The summed E-state index contributed by atoms with van der Waals surface area (Å²) in [5.74, 6) is 0.720. The molecule has 0 aliphatic heterocycles. The molecule has 0 radical (unpaired) electrons. The molecule has 2 aliphatic carbocycles. The van der Waals surface area contributed by atoms with E-state index in [2.05, 4.69) is 25.2 Å². The molecule has 0 aromatic rings. The predicted molar refractivity (Wildman–Crippen MR) is 102 cm³/mol. The number of carboxylic acid groups (broad SMARTS) is 1. The summed E-state index contributed by atoms with van der Waals surface area (Å²) < 4.78 is 0. The largest absolute Gasteiger partial charge is 0.481 e. The predicted octanol–water partition coefficient (Wildman–Crippen LogP) is 5.41. The summed E-state index contributed by atoms with van der Waals surface area (Å²) in [6.07, 6.45) is 19.1. The van der Waals surface area contributed by atoms with Gasteiger partial charge in [0, 0.05) is 6.42 Å². The van der Waals surface area contributed by atoms with Crippen LogP contribution in [0.5, 0.6) is 0 Å². The van der Waals surface area contributed by atoms with E-state index in [0.717, 1.165) is 18.8 Å². The van der Waals surface area contributed by atoms with E-state index >= 15 is 0 Å². The number of rotatable bonds is 11. The molecule has 3 heteroatoms. The Morgan fingerprint density at radius 2 is 2.04 bits per heavy atom. The standard InChI is InChI=1S/C22H34O3/c1-2-3-4-11-21-18(16-17-9-5-7-12-20(17)21)14-15-19(23)10-6-8-13-22(24)25/h5,7,14-15,17,19-20,23H,2-4,6,8-13,16H2,1H3,(H,24,25)/b15-14+/t17-,19-,20+/m1/s1. The zero-order chi connectivity index (χ0) is 18.1. The fourth-order valence-corrected chi connectivity index (χ4v) is 4.21. The molecule has 0 spiro atoms. The van der Waals surface area contributed by atoms with Gasteiger partial charge in [0.05, 0.1) is 6.10 Å². The van der Waals surface area contributed by atoms with Gasteiger partial charge in [-0.3, -0.25) is 4.79 Å². The first kappa shape index (κ1) is 20.0. The van der Waals surface area contributed by atoms with Crippen LogP contribution < -0.4 is 0 Å². The van der Waals surface area contributed by atoms with Gasteiger partial charge in [-0.05, 0) is 68.8 Å². The van der Waals surface area contributed by atoms with Crippen molar-refractivity contribution in [2.75, 3.05) is 0 Å². The summed E-state index contributed by atoms with van der Waals surface area (Å²) in [6, 6.07) is 0. The van der Waals surface area contributed by atoms with Crippen LogP contribution in [0, 0.1) is 11.8 Å². The Hall–Kier alpha value is -1.35. The van der Waals surface area contributed by atoms with Gasteiger partial charge in [0.1, 0.15) is 0 Å². The Kier molecular flexibility index (Phi) is 8.47. The lowest BCUT2D eigenvalue weighted by atomic mass is 9.81. The average molecular weight is 347 g/mol. The van der Waals surface area contributed by atoms with Gasteiger partial charge >= 0.3 is 5.97 Å². The Morgan fingerprint density at radius 1 is 1.24 bits per heavy atom. The number of hydrogen-bond acceptors (Lipinski definition) is 2. The summed E-state index contributed by atoms with van der Waals surface area (Å²) >= 11 is 0. The van der Waals surface area contributed by atoms with Crippen molar-refractivity contribution in [1.82, 2.24) is 0 Å². The first-order valence-corrected chi connectivity index (χ1v) is 10.1. The van der Waals surface area contributed by atoms with Gasteiger partial charge < -0.3 is 10.2 Å². The maximum Gasteiger partial charge on any atom is 0.303 e. The molecule has 0 saturated heterocycles. The highest BCUT2D eigenvalue weighted by Crippen LogP contribution is 2.46. The Bertz CT molecular complexity index is 515. The Balaban J connectivity index is 1.90. The second kappa shape index (κ2) is 10.6. The van der Waals surface area contributed by atoms with Crippen LogP contribution in [0.1, 0.15) is 77.6 Å². The summed E-state index contributed by atoms with van der Waals surface area (Å²) in [7, 11) is 0. The van der Waals surface area contributed by atoms with E-state index in [1.165, 1.54) is 44.1 Å². The summed E-state index contributed by atoms with van der Waals surface area (Å²) in [5, 5.41) is 18.8. The lowest BCUT2D eigenvalue weighted by Gasteiger charge is -2.24. The second-order valence-corrected chi connectivity index (χ2v) is 7.59. The van der Waals surface area contributed by atoms with Gasteiger partial charge in [0.2, 0.25) is 0 Å². The molecule has 0 heterocycles. The molecule has 2 N–H and O–H groups in total. The van der Waals surface area contributed by atoms with Gasteiger partial charge in [-0.15, -0.1) is 0 Å². The van der Waals surface area contributed by atoms with Gasteiger partial charge in [0.25, 0.3) is 0 Å². The number of unbranched alkanes of at least 4 members (excludes halogenated alkanes) is 3. The maximum absolute atomic E-state index is 10.5. The number of allylic oxidation sites excluding steroid dienone is 5. The maximum atomic E-state index is 10.5. The quantitative estimate of drug-likeness (QED) is 0.388. The molecule has 140 valence electrons. The van der Waals surface area contributed by atoms with Crippen LogP contribution in [0.25, 0.3) is 0 Å². The van der Waals surface area contributed by atoms with E-state index in [1.54, 1.807) is 5.57 Å². The van der Waals surface area contributed by atoms with Crippen LogP contribution in [0.15, 0.2) is 35.5 Å². The molecular weight excluding hydrogens is 312 g/mol. The van der Waals surface area contributed by atoms with Gasteiger partial charge in [-0.1, -0.05) is 49.6 Å². The third kappa shape index (κ3) is 6.47. The van der Waals surface area contributed by atoms with Crippen molar-refractivity contribution in [2.24, 2.45) is 11.8 Å². The molecule has 0 amide bonds. The SMILES string of the molecule is CCCCCC1=C(/C=C/[C@H](O)CCCCC(=O)O)C[C@H]2CC=CC[C@H]12. The van der Waals surface area contributed by atoms with E-state index in [4.69, 9.17) is 5.11 Å². The Morgan fingerprint density at radius 3 is 2.80 bits per heavy atom. The smallest absolute Gasteiger partial charge is 0.303 e. The highest BCUT2D eigenvalue weighted by Gasteiger charge is 2.33. The lowest BCUT2D eigenvalue weighted by Crippen LogP contribution is -2.13. The number of fused-ring (bicyclic) bond motifs is 1. The molecule has 3 nitrogen and oxygen atoms in total. The number of carbonyl (C=O) groups is 1. The number of hydrogen-bond donors (Lipinski definition) is 2. The third-order valence-electron chi connectivity index (χ3n) is 5.62. The third-order valence-corrected chi connectivity index (χ3v) is 5.62. The normalized spacial score (nSPS) is 24.1. The monoisotopic (exact) mass is 346 g/mol. The molecule has 0 aromatic carbocycles. The molecule has 0 fully saturated rings. The minimum atomic E-state index is -0.755. The van der Waals surface area contributed by atoms with E-state index in [9.17, 15) is 9.90 Å². The minimum absolute atomic E-state index is 0.194. The van der Waals surface area contributed by atoms with Crippen molar-refractivity contribution >= 4 is 5.97 Å². The van der Waals surface area contributed by atoms with Crippen LogP contribution in [0.4, 0.5) is 0 Å². The Labute approximate surface area is 152 Å². The average Bonchev–Trinajstić information content (AvgIpc) is 2.95. The number of aliphatic carboxylic acids is 1. The van der Waals surface area contributed by atoms with Gasteiger partial charge in [-0.25, -0.2) is 0 Å². The van der Waals surface area contributed by atoms with Crippen molar-refractivity contribution < 1.29 is 15.0 Å². The molecule has 0 aromatic heterocycles. The van der Waals surface area contributed by atoms with Crippen LogP contribution in [0.3, 0.4) is 0 Å². The molecule has 2 aliphatic rings. The molecule has 0 bridgehead atoms. The lowest BCUT2D eigenvalue weighted by molar-refractivity contribution is -0.137. The molecule has 0 saturated carbocycles. The van der Waals surface area contributed by atoms with Crippen LogP contribution >= 0.6 is 0 Å². The van der Waals surface area contributed by atoms with Crippen molar-refractivity contribution in [3.63, 3.8) is 0 Å². The number of aliphatic hydroxyl groups is 1. The van der Waals surface area contributed by atoms with Crippen LogP contribution in [-0.4, -0.2) is 22.3 Å². The highest BCUT2D eigenvalue weighted by molar-refractivity contribution is 5.66. The van der Waals surface area contributed by atoms with Crippen molar-refractivity contribution in [3.8, 4) is 0 Å². The van der Waals surface area contributed by atoms with E-state index in [-0.39, 0.29) is 6.42 Å². The minimum Gasteiger partial charge on any atom is -0.481 e. The number of carboxylic acids is 1. The fourth-order valence-electron chi connectivity index (χ4n) is 4.21. The highest BCUT2D eigenvalue weighted by atomic mass is 16.4. The van der Waals surface area contributed by atoms with Crippen molar-refractivity contribution in [1.29, 1.82) is 0 Å². The molecular formula is C22H34O3. The summed E-state index contributed by atoms with van der Waals surface area (Å²) in [5.41, 5.74) is 3.09. The van der Waals surface area contributed by atoms with Crippen LogP contribution in [0.2, 0.25) is 0 Å². The van der Waals surface area contributed by atoms with Crippen molar-refractivity contribution in [3.05, 3.63) is 35.5 Å². The molecule has 0 unspecified atom stereocenters. The summed E-state index contributed by atoms with van der Waals surface area (Å²) in [4.78, 5) is 10.5. The molecule has 25 heavy (non-hydrogen) atoms. The van der Waals surface area contributed by atoms with E-state index < -0.39 is 12.1 Å². The first-order valence-electron chi connectivity index (χ1n) is 10.1. The number of aliphatic hydroxyl groups excluding tert-OH is 1. The van der Waals surface area contributed by atoms with E-state index in [0.29, 0.717) is 18.8 Å². The second-order valence-electron chi connectivity index (χ2n) is 7.59. The molecule has 2 rings (SSSR count). The zero-order valence-corrected chi connectivity index (χ0v) is 15.6. The van der Waals surface area contributed by atoms with Crippen molar-refractivity contribution in [2.45, 2.75) is 83.7 Å². The fraction of sp³-hybridized carbons (Fsp3) is 0.682.